The molecule has 0 bridgehead atoms. The maximum absolute atomic E-state index is 13.0. The van der Waals surface area contributed by atoms with Crippen molar-refractivity contribution < 1.29 is 4.79 Å². The Bertz CT molecular complexity index is 978. The molecule has 1 aliphatic rings. The van der Waals surface area contributed by atoms with Crippen molar-refractivity contribution in [3.63, 3.8) is 0 Å². The average molecular weight is 370 g/mol. The molecule has 28 heavy (non-hydrogen) atoms. The number of fused-ring (bicyclic) bond motifs is 1. The van der Waals surface area contributed by atoms with Crippen LogP contribution in [0.1, 0.15) is 48.7 Å². The first kappa shape index (κ1) is 18.5. The number of para-hydroxylation sites is 1. The van der Waals surface area contributed by atoms with Crippen LogP contribution in [0.25, 0.3) is 0 Å². The van der Waals surface area contributed by atoms with Gasteiger partial charge < -0.3 is 4.90 Å². The zero-order valence-electron chi connectivity index (χ0n) is 16.9. The Labute approximate surface area is 167 Å². The summed E-state index contributed by atoms with van der Waals surface area (Å²) in [4.78, 5) is 15.3. The highest BCUT2D eigenvalue weighted by atomic mass is 16.1. The molecule has 0 aliphatic carbocycles. The molecule has 4 rings (SSSR count). The van der Waals surface area contributed by atoms with Crippen LogP contribution >= 0.6 is 0 Å². The monoisotopic (exact) mass is 369 g/mol. The molecule has 0 saturated carbocycles. The molecule has 0 fully saturated rings. The summed E-state index contributed by atoms with van der Waals surface area (Å²) in [5.41, 5.74) is 4.31. The van der Waals surface area contributed by atoms with Crippen molar-refractivity contribution in [3.8, 4) is 0 Å². The van der Waals surface area contributed by atoms with E-state index < -0.39 is 0 Å². The van der Waals surface area contributed by atoms with Gasteiger partial charge in [0.25, 0.3) is 0 Å². The van der Waals surface area contributed by atoms with Gasteiger partial charge in [-0.3, -0.25) is 4.79 Å². The van der Waals surface area contributed by atoms with Gasteiger partial charge in [-0.25, -0.2) is 0 Å². The molecule has 0 amide bonds. The third kappa shape index (κ3) is 3.13. The van der Waals surface area contributed by atoms with E-state index in [9.17, 15) is 4.79 Å². The third-order valence-electron chi connectivity index (χ3n) is 6.11. The fourth-order valence-electron chi connectivity index (χ4n) is 4.78. The van der Waals surface area contributed by atoms with E-state index in [0.717, 1.165) is 17.7 Å². The van der Waals surface area contributed by atoms with Gasteiger partial charge in [0.05, 0.1) is 6.54 Å². The van der Waals surface area contributed by atoms with E-state index in [-0.39, 0.29) is 16.7 Å². The number of anilines is 1. The largest absolute Gasteiger partial charge is 0.358 e. The van der Waals surface area contributed by atoms with Crippen molar-refractivity contribution in [1.82, 2.24) is 0 Å². The minimum absolute atomic E-state index is 0.0896. The Hall–Kier alpha value is -2.87. The average Bonchev–Trinajstić information content (AvgIpc) is 2.72. The summed E-state index contributed by atoms with van der Waals surface area (Å²) in [5, 5.41) is 0. The summed E-state index contributed by atoms with van der Waals surface area (Å²) in [6.45, 7) is 7.23. The lowest BCUT2D eigenvalue weighted by atomic mass is 9.65. The van der Waals surface area contributed by atoms with E-state index in [4.69, 9.17) is 0 Å². The molecule has 2 heteroatoms. The second-order valence-electron chi connectivity index (χ2n) is 8.58. The molecule has 0 spiro atoms. The second kappa shape index (κ2) is 6.94. The lowest BCUT2D eigenvalue weighted by Crippen LogP contribution is -2.55. The SMILES string of the molecule is CC1(C)C[C@](C)(c2ccccc2)c2ccccc2N1CC(=O)c1ccccc1. The Kier molecular flexibility index (Phi) is 4.58. The molecule has 0 unspecified atom stereocenters. The molecule has 1 atom stereocenters. The summed E-state index contributed by atoms with van der Waals surface area (Å²) in [6.07, 6.45) is 0.948. The van der Waals surface area contributed by atoms with Crippen LogP contribution in [0.5, 0.6) is 0 Å². The van der Waals surface area contributed by atoms with Crippen molar-refractivity contribution in [3.05, 3.63) is 102 Å². The summed E-state index contributed by atoms with van der Waals surface area (Å²) in [7, 11) is 0. The van der Waals surface area contributed by atoms with Crippen LogP contribution in [-0.2, 0) is 5.41 Å². The Morgan fingerprint density at radius 3 is 2.07 bits per heavy atom. The van der Waals surface area contributed by atoms with Crippen molar-refractivity contribution in [1.29, 1.82) is 0 Å². The van der Waals surface area contributed by atoms with E-state index >= 15 is 0 Å². The number of ketones is 1. The van der Waals surface area contributed by atoms with Gasteiger partial charge in [-0.15, -0.1) is 0 Å². The number of hydrogen-bond acceptors (Lipinski definition) is 2. The predicted molar refractivity (Wildman–Crippen MR) is 116 cm³/mol. The number of benzene rings is 3. The van der Waals surface area contributed by atoms with E-state index in [1.54, 1.807) is 0 Å². The van der Waals surface area contributed by atoms with E-state index in [0.29, 0.717) is 6.54 Å². The fraction of sp³-hybridized carbons (Fsp3) is 0.269. The molecule has 0 N–H and O–H groups in total. The summed E-state index contributed by atoms with van der Waals surface area (Å²) in [5.74, 6) is 0.159. The molecule has 1 heterocycles. The standard InChI is InChI=1S/C26H27NO/c1-25(2)19-26(3,21-14-8-5-9-15-21)22-16-10-11-17-23(22)27(25)18-24(28)20-12-6-4-7-13-20/h4-17H,18-19H2,1-3H3/t26-/m1/s1. The number of hydrogen-bond donors (Lipinski definition) is 0. The smallest absolute Gasteiger partial charge is 0.182 e. The summed E-state index contributed by atoms with van der Waals surface area (Å²) < 4.78 is 0. The van der Waals surface area contributed by atoms with Crippen molar-refractivity contribution in [2.45, 2.75) is 38.1 Å². The highest BCUT2D eigenvalue weighted by molar-refractivity contribution is 5.99. The number of carbonyl (C=O) groups is 1. The van der Waals surface area contributed by atoms with Gasteiger partial charge in [-0.2, -0.15) is 0 Å². The van der Waals surface area contributed by atoms with Crippen LogP contribution in [0.15, 0.2) is 84.9 Å². The Balaban J connectivity index is 1.78. The van der Waals surface area contributed by atoms with Crippen LogP contribution in [0.3, 0.4) is 0 Å². The quantitative estimate of drug-likeness (QED) is 0.537. The maximum Gasteiger partial charge on any atom is 0.182 e. The van der Waals surface area contributed by atoms with E-state index in [1.165, 1.54) is 11.1 Å². The van der Waals surface area contributed by atoms with Gasteiger partial charge in [-0.1, -0.05) is 85.8 Å². The van der Waals surface area contributed by atoms with Crippen LogP contribution in [0, 0.1) is 0 Å². The first-order chi connectivity index (χ1) is 13.4. The molecule has 0 aromatic heterocycles. The first-order valence-corrected chi connectivity index (χ1v) is 9.93. The van der Waals surface area contributed by atoms with Gasteiger partial charge in [0, 0.05) is 22.2 Å². The van der Waals surface area contributed by atoms with Gasteiger partial charge in [0.15, 0.2) is 5.78 Å². The van der Waals surface area contributed by atoms with E-state index in [1.807, 2.05) is 30.3 Å². The van der Waals surface area contributed by atoms with Gasteiger partial charge in [0.2, 0.25) is 0 Å². The zero-order chi connectivity index (χ0) is 19.8. The minimum atomic E-state index is -0.149. The van der Waals surface area contributed by atoms with Crippen molar-refractivity contribution in [2.24, 2.45) is 0 Å². The normalized spacial score (nSPS) is 20.5. The van der Waals surface area contributed by atoms with Gasteiger partial charge >= 0.3 is 0 Å². The predicted octanol–water partition coefficient (Wildman–Crippen LogP) is 5.86. The Morgan fingerprint density at radius 2 is 1.39 bits per heavy atom. The van der Waals surface area contributed by atoms with Crippen LogP contribution in [-0.4, -0.2) is 17.9 Å². The minimum Gasteiger partial charge on any atom is -0.358 e. The van der Waals surface area contributed by atoms with Crippen LogP contribution in [0.4, 0.5) is 5.69 Å². The number of Topliss-reactive ketones (excluding diaryl/α,β-unsaturated/α-hetero) is 1. The topological polar surface area (TPSA) is 20.3 Å². The molecule has 142 valence electrons. The number of nitrogens with zero attached hydrogens (tertiary/aromatic N) is 1. The second-order valence-corrected chi connectivity index (χ2v) is 8.58. The molecule has 2 nitrogen and oxygen atoms in total. The molecule has 1 aliphatic heterocycles. The third-order valence-corrected chi connectivity index (χ3v) is 6.11. The molecule has 0 saturated heterocycles. The number of carbonyl (C=O) groups excluding carboxylic acids is 1. The first-order valence-electron chi connectivity index (χ1n) is 9.93. The molecule has 3 aromatic rings. The lowest BCUT2D eigenvalue weighted by molar-refractivity contribution is 0.0989. The lowest BCUT2D eigenvalue weighted by Gasteiger charge is -2.52. The van der Waals surface area contributed by atoms with Gasteiger partial charge in [-0.05, 0) is 37.5 Å². The van der Waals surface area contributed by atoms with Crippen LogP contribution < -0.4 is 4.90 Å². The van der Waals surface area contributed by atoms with Gasteiger partial charge in [0.1, 0.15) is 0 Å². The highest BCUT2D eigenvalue weighted by Gasteiger charge is 2.45. The van der Waals surface area contributed by atoms with E-state index in [2.05, 4.69) is 80.3 Å². The summed E-state index contributed by atoms with van der Waals surface area (Å²) >= 11 is 0. The molecular formula is C26H27NO. The fourth-order valence-corrected chi connectivity index (χ4v) is 4.78. The maximum atomic E-state index is 13.0. The molecule has 3 aromatic carbocycles. The van der Waals surface area contributed by atoms with Crippen molar-refractivity contribution >= 4 is 11.5 Å². The van der Waals surface area contributed by atoms with Crippen molar-refractivity contribution in [2.75, 3.05) is 11.4 Å². The van der Waals surface area contributed by atoms with Crippen LogP contribution in [0.2, 0.25) is 0 Å². The molecule has 0 radical (unpaired) electrons. The Morgan fingerprint density at radius 1 is 0.821 bits per heavy atom. The molecular weight excluding hydrogens is 342 g/mol. The zero-order valence-corrected chi connectivity index (χ0v) is 16.9. The highest BCUT2D eigenvalue weighted by Crippen LogP contribution is 2.50. The number of rotatable bonds is 4. The summed E-state index contributed by atoms with van der Waals surface area (Å²) in [6, 6.07) is 28.9.